The maximum Gasteiger partial charge on any atom is 0.323 e. The minimum Gasteiger partial charge on any atom is -0.497 e. The zero-order valence-corrected chi connectivity index (χ0v) is 10.1. The van der Waals surface area contributed by atoms with Crippen molar-refractivity contribution in [3.8, 4) is 5.75 Å². The number of carbonyl (C=O) groups is 3. The first kappa shape index (κ1) is 12.8. The predicted molar refractivity (Wildman–Crippen MR) is 65.3 cm³/mol. The topological polar surface area (TPSA) is 83.9 Å². The van der Waals surface area contributed by atoms with E-state index in [9.17, 15) is 14.4 Å². The third-order valence-corrected chi connectivity index (χ3v) is 2.68. The van der Waals surface area contributed by atoms with Crippen molar-refractivity contribution in [3.05, 3.63) is 35.9 Å². The number of carboxylic acids is 1. The van der Waals surface area contributed by atoms with Crippen molar-refractivity contribution >= 4 is 23.4 Å². The second-order valence-electron chi connectivity index (χ2n) is 3.91. The fourth-order valence-corrected chi connectivity index (χ4v) is 1.79. The fourth-order valence-electron chi connectivity index (χ4n) is 1.79. The number of aliphatic carboxylic acids is 1. The number of nitrogens with zero attached hydrogens (tertiary/aromatic N) is 1. The van der Waals surface area contributed by atoms with Gasteiger partial charge in [-0.15, -0.1) is 0 Å². The van der Waals surface area contributed by atoms with Crippen LogP contribution in [-0.2, 0) is 14.4 Å². The molecule has 0 saturated carbocycles. The lowest BCUT2D eigenvalue weighted by Crippen LogP contribution is -2.35. The van der Waals surface area contributed by atoms with Gasteiger partial charge in [-0.3, -0.25) is 19.3 Å². The molecule has 6 heteroatoms. The molecule has 1 aromatic rings. The Bertz CT molecular complexity index is 590. The van der Waals surface area contributed by atoms with Crippen molar-refractivity contribution < 1.29 is 24.2 Å². The molecule has 0 aromatic heterocycles. The molecule has 0 unspecified atom stereocenters. The van der Waals surface area contributed by atoms with Crippen LogP contribution in [-0.4, -0.2) is 41.4 Å². The van der Waals surface area contributed by atoms with E-state index in [0.717, 1.165) is 6.08 Å². The van der Waals surface area contributed by atoms with E-state index in [1.54, 1.807) is 24.3 Å². The van der Waals surface area contributed by atoms with Crippen LogP contribution in [0.2, 0.25) is 0 Å². The standard InChI is InChI=1S/C13H11NO5/c1-19-9-4-2-3-8(5-9)10-6-11(15)14(13(10)18)7-12(16)17/h2-6H,7H2,1H3,(H,16,17). The third-order valence-electron chi connectivity index (χ3n) is 2.68. The highest BCUT2D eigenvalue weighted by Crippen LogP contribution is 2.25. The van der Waals surface area contributed by atoms with Crippen LogP contribution in [0, 0.1) is 0 Å². The van der Waals surface area contributed by atoms with Crippen LogP contribution < -0.4 is 4.74 Å². The summed E-state index contributed by atoms with van der Waals surface area (Å²) in [5, 5.41) is 8.66. The number of carbonyl (C=O) groups excluding carboxylic acids is 2. The Kier molecular flexibility index (Phi) is 3.33. The van der Waals surface area contributed by atoms with Crippen LogP contribution in [0.1, 0.15) is 5.56 Å². The van der Waals surface area contributed by atoms with Gasteiger partial charge in [-0.05, 0) is 17.7 Å². The maximum absolute atomic E-state index is 12.0. The molecule has 2 amide bonds. The Morgan fingerprint density at radius 1 is 1.37 bits per heavy atom. The molecule has 0 radical (unpaired) electrons. The van der Waals surface area contributed by atoms with Crippen LogP contribution in [0.5, 0.6) is 5.75 Å². The van der Waals surface area contributed by atoms with Crippen LogP contribution >= 0.6 is 0 Å². The molecule has 1 heterocycles. The number of methoxy groups -OCH3 is 1. The van der Waals surface area contributed by atoms with Crippen molar-refractivity contribution in [2.75, 3.05) is 13.7 Å². The highest BCUT2D eigenvalue weighted by atomic mass is 16.5. The Labute approximate surface area is 108 Å². The Morgan fingerprint density at radius 2 is 2.11 bits per heavy atom. The van der Waals surface area contributed by atoms with Crippen molar-refractivity contribution in [1.29, 1.82) is 0 Å². The SMILES string of the molecule is COc1cccc(C2=CC(=O)N(CC(=O)O)C2=O)c1. The van der Waals surface area contributed by atoms with Gasteiger partial charge < -0.3 is 9.84 Å². The van der Waals surface area contributed by atoms with Crippen molar-refractivity contribution in [3.63, 3.8) is 0 Å². The molecule has 0 aliphatic carbocycles. The third kappa shape index (κ3) is 2.47. The molecule has 1 aliphatic heterocycles. The lowest BCUT2D eigenvalue weighted by molar-refractivity contribution is -0.147. The number of carboxylic acid groups (broad SMARTS) is 1. The van der Waals surface area contributed by atoms with Gasteiger partial charge in [0.2, 0.25) is 0 Å². The van der Waals surface area contributed by atoms with Crippen LogP contribution in [0.3, 0.4) is 0 Å². The number of hydrogen-bond acceptors (Lipinski definition) is 4. The minimum atomic E-state index is -1.23. The molecule has 0 atom stereocenters. The normalized spacial score (nSPS) is 14.6. The van der Waals surface area contributed by atoms with Gasteiger partial charge >= 0.3 is 5.97 Å². The molecule has 1 aliphatic rings. The van der Waals surface area contributed by atoms with E-state index in [1.165, 1.54) is 7.11 Å². The maximum atomic E-state index is 12.0. The average molecular weight is 261 g/mol. The molecular formula is C13H11NO5. The number of amides is 2. The summed E-state index contributed by atoms with van der Waals surface area (Å²) in [5.41, 5.74) is 0.690. The van der Waals surface area contributed by atoms with E-state index in [4.69, 9.17) is 9.84 Å². The molecule has 0 bridgehead atoms. The number of ether oxygens (including phenoxy) is 1. The Morgan fingerprint density at radius 3 is 2.74 bits per heavy atom. The van der Waals surface area contributed by atoms with E-state index in [0.29, 0.717) is 16.2 Å². The average Bonchev–Trinajstić information content (AvgIpc) is 2.66. The second kappa shape index (κ2) is 4.93. The van der Waals surface area contributed by atoms with Crippen LogP contribution in [0.25, 0.3) is 5.57 Å². The highest BCUT2D eigenvalue weighted by molar-refractivity contribution is 6.33. The van der Waals surface area contributed by atoms with Gasteiger partial charge in [0.05, 0.1) is 12.7 Å². The summed E-state index contributed by atoms with van der Waals surface area (Å²) in [6.07, 6.45) is 1.14. The lowest BCUT2D eigenvalue weighted by atomic mass is 10.1. The van der Waals surface area contributed by atoms with Gasteiger partial charge in [-0.25, -0.2) is 0 Å². The summed E-state index contributed by atoms with van der Waals surface area (Å²) >= 11 is 0. The number of benzene rings is 1. The summed E-state index contributed by atoms with van der Waals surface area (Å²) in [4.78, 5) is 34.9. The number of hydrogen-bond donors (Lipinski definition) is 1. The van der Waals surface area contributed by atoms with Crippen LogP contribution in [0.4, 0.5) is 0 Å². The second-order valence-corrected chi connectivity index (χ2v) is 3.91. The van der Waals surface area contributed by atoms with E-state index >= 15 is 0 Å². The van der Waals surface area contributed by atoms with E-state index in [1.807, 2.05) is 0 Å². The summed E-state index contributed by atoms with van der Waals surface area (Å²) in [7, 11) is 1.49. The minimum absolute atomic E-state index is 0.171. The molecule has 0 spiro atoms. The molecule has 0 saturated heterocycles. The first-order valence-electron chi connectivity index (χ1n) is 5.46. The summed E-state index contributed by atoms with van der Waals surface area (Å²) < 4.78 is 5.04. The quantitative estimate of drug-likeness (QED) is 0.799. The Hall–Kier alpha value is -2.63. The summed E-state index contributed by atoms with van der Waals surface area (Å²) in [5.74, 6) is -1.91. The number of imide groups is 1. The first-order chi connectivity index (χ1) is 9.02. The fraction of sp³-hybridized carbons (Fsp3) is 0.154. The molecule has 0 fully saturated rings. The van der Waals surface area contributed by atoms with Crippen molar-refractivity contribution in [1.82, 2.24) is 4.90 Å². The van der Waals surface area contributed by atoms with Gasteiger partial charge in [0.15, 0.2) is 0 Å². The van der Waals surface area contributed by atoms with Crippen molar-refractivity contribution in [2.45, 2.75) is 0 Å². The monoisotopic (exact) mass is 261 g/mol. The summed E-state index contributed by atoms with van der Waals surface area (Å²) in [6, 6.07) is 6.66. The van der Waals surface area contributed by atoms with Gasteiger partial charge in [-0.2, -0.15) is 0 Å². The lowest BCUT2D eigenvalue weighted by Gasteiger charge is -2.11. The van der Waals surface area contributed by atoms with Gasteiger partial charge in [0.25, 0.3) is 11.8 Å². The predicted octanol–water partition coefficient (Wildman–Crippen LogP) is 0.532. The van der Waals surface area contributed by atoms with Crippen LogP contribution in [0.15, 0.2) is 30.3 Å². The first-order valence-corrected chi connectivity index (χ1v) is 5.46. The van der Waals surface area contributed by atoms with E-state index < -0.39 is 24.3 Å². The van der Waals surface area contributed by atoms with Gasteiger partial charge in [0, 0.05) is 6.08 Å². The Balaban J connectivity index is 2.31. The number of rotatable bonds is 4. The molecular weight excluding hydrogens is 250 g/mol. The van der Waals surface area contributed by atoms with E-state index in [-0.39, 0.29) is 5.57 Å². The molecule has 2 rings (SSSR count). The molecule has 1 aromatic carbocycles. The molecule has 98 valence electrons. The molecule has 1 N–H and O–H groups in total. The highest BCUT2D eigenvalue weighted by Gasteiger charge is 2.33. The van der Waals surface area contributed by atoms with Gasteiger partial charge in [0.1, 0.15) is 12.3 Å². The van der Waals surface area contributed by atoms with E-state index in [2.05, 4.69) is 0 Å². The van der Waals surface area contributed by atoms with Gasteiger partial charge in [-0.1, -0.05) is 12.1 Å². The molecule has 19 heavy (non-hydrogen) atoms. The largest absolute Gasteiger partial charge is 0.497 e. The smallest absolute Gasteiger partial charge is 0.323 e. The summed E-state index contributed by atoms with van der Waals surface area (Å²) in [6.45, 7) is -0.637. The molecule has 6 nitrogen and oxygen atoms in total. The zero-order valence-electron chi connectivity index (χ0n) is 10.1. The van der Waals surface area contributed by atoms with Crippen molar-refractivity contribution in [2.24, 2.45) is 0 Å². The zero-order chi connectivity index (χ0) is 14.0.